The van der Waals surface area contributed by atoms with E-state index in [0.29, 0.717) is 32.3 Å². The Labute approximate surface area is 103 Å². The van der Waals surface area contributed by atoms with Gasteiger partial charge >= 0.3 is 0 Å². The zero-order valence-electron chi connectivity index (χ0n) is 10.7. The number of rotatable bonds is 8. The van der Waals surface area contributed by atoms with E-state index in [0.717, 1.165) is 17.9 Å². The van der Waals surface area contributed by atoms with Crippen LogP contribution in [0, 0.1) is 5.92 Å². The summed E-state index contributed by atoms with van der Waals surface area (Å²) < 4.78 is 10.9. The maximum Gasteiger partial charge on any atom is 0.0719 e. The van der Waals surface area contributed by atoms with Crippen molar-refractivity contribution in [3.05, 3.63) is 29.6 Å². The molecule has 0 spiro atoms. The SMILES string of the molecule is CC(C)COCCOCc1ccnc(CN)c1. The summed E-state index contributed by atoms with van der Waals surface area (Å²) in [6.45, 7) is 7.36. The smallest absolute Gasteiger partial charge is 0.0719 e. The summed E-state index contributed by atoms with van der Waals surface area (Å²) in [7, 11) is 0. The molecule has 0 aromatic carbocycles. The van der Waals surface area contributed by atoms with Crippen LogP contribution < -0.4 is 5.73 Å². The van der Waals surface area contributed by atoms with Gasteiger partial charge in [0.05, 0.1) is 25.5 Å². The van der Waals surface area contributed by atoms with Crippen molar-refractivity contribution in [2.75, 3.05) is 19.8 Å². The number of pyridine rings is 1. The Hall–Kier alpha value is -0.970. The van der Waals surface area contributed by atoms with Crippen LogP contribution in [0.4, 0.5) is 0 Å². The van der Waals surface area contributed by atoms with E-state index < -0.39 is 0 Å². The van der Waals surface area contributed by atoms with Gasteiger partial charge in [0, 0.05) is 19.3 Å². The first-order valence-corrected chi connectivity index (χ1v) is 6.01. The molecule has 0 aliphatic rings. The van der Waals surface area contributed by atoms with Crippen molar-refractivity contribution in [2.45, 2.75) is 27.0 Å². The molecule has 0 radical (unpaired) electrons. The fraction of sp³-hybridized carbons (Fsp3) is 0.615. The average molecular weight is 238 g/mol. The molecule has 0 saturated carbocycles. The van der Waals surface area contributed by atoms with Crippen LogP contribution in [-0.4, -0.2) is 24.8 Å². The van der Waals surface area contributed by atoms with E-state index in [1.807, 2.05) is 12.1 Å². The maximum atomic E-state index is 5.52. The minimum absolute atomic E-state index is 0.464. The van der Waals surface area contributed by atoms with Gasteiger partial charge in [0.2, 0.25) is 0 Å². The monoisotopic (exact) mass is 238 g/mol. The van der Waals surface area contributed by atoms with Crippen LogP contribution in [0.15, 0.2) is 18.3 Å². The Bertz CT molecular complexity index is 316. The lowest BCUT2D eigenvalue weighted by Gasteiger charge is -2.08. The number of nitrogens with zero attached hydrogens (tertiary/aromatic N) is 1. The summed E-state index contributed by atoms with van der Waals surface area (Å²) in [5.41, 5.74) is 7.51. The van der Waals surface area contributed by atoms with Gasteiger partial charge in [0.15, 0.2) is 0 Å². The third-order valence-electron chi connectivity index (χ3n) is 2.18. The normalized spacial score (nSPS) is 11.1. The molecule has 1 aromatic heterocycles. The number of nitrogens with two attached hydrogens (primary N) is 1. The van der Waals surface area contributed by atoms with Gasteiger partial charge in [-0.1, -0.05) is 13.8 Å². The molecule has 0 bridgehead atoms. The van der Waals surface area contributed by atoms with Crippen molar-refractivity contribution in [3.8, 4) is 0 Å². The summed E-state index contributed by atoms with van der Waals surface area (Å²) in [5.74, 6) is 0.572. The minimum atomic E-state index is 0.464. The first-order valence-electron chi connectivity index (χ1n) is 6.01. The summed E-state index contributed by atoms with van der Waals surface area (Å²) >= 11 is 0. The molecule has 1 aromatic rings. The fourth-order valence-electron chi connectivity index (χ4n) is 1.36. The second-order valence-electron chi connectivity index (χ2n) is 4.38. The topological polar surface area (TPSA) is 57.4 Å². The highest BCUT2D eigenvalue weighted by Crippen LogP contribution is 2.03. The molecule has 0 fully saturated rings. The molecule has 0 amide bonds. The van der Waals surface area contributed by atoms with Crippen LogP contribution in [0.3, 0.4) is 0 Å². The van der Waals surface area contributed by atoms with Crippen LogP contribution >= 0.6 is 0 Å². The van der Waals surface area contributed by atoms with Crippen molar-refractivity contribution in [2.24, 2.45) is 11.7 Å². The van der Waals surface area contributed by atoms with Gasteiger partial charge < -0.3 is 15.2 Å². The Kier molecular flexibility index (Phi) is 6.77. The molecule has 0 unspecified atom stereocenters. The average Bonchev–Trinajstić information content (AvgIpc) is 2.33. The van der Waals surface area contributed by atoms with Crippen molar-refractivity contribution >= 4 is 0 Å². The quantitative estimate of drug-likeness (QED) is 0.701. The Balaban J connectivity index is 2.13. The van der Waals surface area contributed by atoms with E-state index >= 15 is 0 Å². The number of aromatic nitrogens is 1. The van der Waals surface area contributed by atoms with Crippen molar-refractivity contribution in [1.29, 1.82) is 0 Å². The molecule has 4 nitrogen and oxygen atoms in total. The van der Waals surface area contributed by atoms with E-state index in [4.69, 9.17) is 15.2 Å². The highest BCUT2D eigenvalue weighted by atomic mass is 16.5. The summed E-state index contributed by atoms with van der Waals surface area (Å²) in [5, 5.41) is 0. The molecule has 4 heteroatoms. The van der Waals surface area contributed by atoms with Crippen molar-refractivity contribution < 1.29 is 9.47 Å². The molecule has 96 valence electrons. The molecule has 0 aliphatic heterocycles. The van der Waals surface area contributed by atoms with Gasteiger partial charge in [-0.3, -0.25) is 4.98 Å². The fourth-order valence-corrected chi connectivity index (χ4v) is 1.36. The predicted octanol–water partition coefficient (Wildman–Crippen LogP) is 1.73. The molecular weight excluding hydrogens is 216 g/mol. The Morgan fingerprint density at radius 3 is 2.76 bits per heavy atom. The van der Waals surface area contributed by atoms with Gasteiger partial charge in [0.1, 0.15) is 0 Å². The standard InChI is InChI=1S/C13H22N2O2/c1-11(2)9-16-5-6-17-10-12-3-4-15-13(7-12)8-14/h3-4,7,11H,5-6,8-10,14H2,1-2H3. The number of ether oxygens (including phenoxy) is 2. The third kappa shape index (κ3) is 6.36. The van der Waals surface area contributed by atoms with Crippen LogP contribution in [0.5, 0.6) is 0 Å². The van der Waals surface area contributed by atoms with Crippen LogP contribution in [0.1, 0.15) is 25.1 Å². The minimum Gasteiger partial charge on any atom is -0.379 e. The molecule has 17 heavy (non-hydrogen) atoms. The van der Waals surface area contributed by atoms with Gasteiger partial charge in [-0.25, -0.2) is 0 Å². The zero-order valence-corrected chi connectivity index (χ0v) is 10.7. The molecule has 2 N–H and O–H groups in total. The van der Waals surface area contributed by atoms with Gasteiger partial charge in [-0.15, -0.1) is 0 Å². The number of hydrogen-bond acceptors (Lipinski definition) is 4. The van der Waals surface area contributed by atoms with E-state index in [1.165, 1.54) is 0 Å². The van der Waals surface area contributed by atoms with Crippen molar-refractivity contribution in [1.82, 2.24) is 4.98 Å². The van der Waals surface area contributed by atoms with E-state index in [2.05, 4.69) is 18.8 Å². The molecular formula is C13H22N2O2. The lowest BCUT2D eigenvalue weighted by molar-refractivity contribution is 0.0314. The Morgan fingerprint density at radius 1 is 1.29 bits per heavy atom. The first-order chi connectivity index (χ1) is 8.22. The van der Waals surface area contributed by atoms with Crippen LogP contribution in [0.2, 0.25) is 0 Å². The maximum absolute atomic E-state index is 5.52. The second kappa shape index (κ2) is 8.17. The predicted molar refractivity (Wildman–Crippen MR) is 67.4 cm³/mol. The lowest BCUT2D eigenvalue weighted by atomic mass is 10.2. The van der Waals surface area contributed by atoms with Gasteiger partial charge in [0.25, 0.3) is 0 Å². The lowest BCUT2D eigenvalue weighted by Crippen LogP contribution is -2.08. The summed E-state index contributed by atoms with van der Waals surface area (Å²) in [6, 6.07) is 3.91. The van der Waals surface area contributed by atoms with Gasteiger partial charge in [-0.05, 0) is 23.6 Å². The van der Waals surface area contributed by atoms with E-state index in [9.17, 15) is 0 Å². The van der Waals surface area contributed by atoms with Gasteiger partial charge in [-0.2, -0.15) is 0 Å². The van der Waals surface area contributed by atoms with Crippen LogP contribution in [0.25, 0.3) is 0 Å². The molecule has 1 heterocycles. The summed E-state index contributed by atoms with van der Waals surface area (Å²) in [4.78, 5) is 4.13. The molecule has 1 rings (SSSR count). The van der Waals surface area contributed by atoms with Crippen LogP contribution in [-0.2, 0) is 22.6 Å². The molecule has 0 saturated heterocycles. The second-order valence-corrected chi connectivity index (χ2v) is 4.38. The highest BCUT2D eigenvalue weighted by Gasteiger charge is 1.97. The molecule has 0 atom stereocenters. The van der Waals surface area contributed by atoms with E-state index in [1.54, 1.807) is 6.20 Å². The van der Waals surface area contributed by atoms with Crippen molar-refractivity contribution in [3.63, 3.8) is 0 Å². The molecule has 0 aliphatic carbocycles. The third-order valence-corrected chi connectivity index (χ3v) is 2.18. The first kappa shape index (κ1) is 14.1. The number of hydrogen-bond donors (Lipinski definition) is 1. The zero-order chi connectivity index (χ0) is 12.5. The highest BCUT2D eigenvalue weighted by molar-refractivity contribution is 5.15. The van der Waals surface area contributed by atoms with E-state index in [-0.39, 0.29) is 0 Å². The summed E-state index contributed by atoms with van der Waals surface area (Å²) in [6.07, 6.45) is 1.76. The Morgan fingerprint density at radius 2 is 2.06 bits per heavy atom. The largest absolute Gasteiger partial charge is 0.379 e.